The van der Waals surface area contributed by atoms with E-state index in [0.29, 0.717) is 23.3 Å². The van der Waals surface area contributed by atoms with E-state index in [1.54, 1.807) is 7.11 Å². The first kappa shape index (κ1) is 21.6. The number of methoxy groups -OCH3 is 1. The molecule has 0 spiro atoms. The van der Waals surface area contributed by atoms with E-state index in [9.17, 15) is 4.79 Å². The fraction of sp³-hybridized carbons (Fsp3) is 0.261. The molecule has 0 saturated heterocycles. The zero-order chi connectivity index (χ0) is 21.8. The van der Waals surface area contributed by atoms with Gasteiger partial charge in [0, 0.05) is 53.0 Å². The molecule has 0 radical (unpaired) electrons. The van der Waals surface area contributed by atoms with E-state index >= 15 is 0 Å². The third kappa shape index (κ3) is 4.69. The number of rotatable bonds is 9. The molecule has 4 aromatic rings. The Balaban J connectivity index is 1.58. The molecule has 160 valence electrons. The topological polar surface area (TPSA) is 72.8 Å². The van der Waals surface area contributed by atoms with Crippen molar-refractivity contribution >= 4 is 40.0 Å². The number of halogens is 1. The van der Waals surface area contributed by atoms with Crippen molar-refractivity contribution in [1.82, 2.24) is 19.7 Å². The van der Waals surface area contributed by atoms with Gasteiger partial charge in [-0.3, -0.25) is 4.79 Å². The number of aryl methyl sites for hydroxylation is 1. The molecule has 2 heterocycles. The Bertz CT molecular complexity index is 1200. The van der Waals surface area contributed by atoms with E-state index in [4.69, 9.17) is 16.3 Å². The monoisotopic (exact) mass is 454 g/mol. The minimum Gasteiger partial charge on any atom is -0.385 e. The number of thioether (sulfide) groups is 1. The summed E-state index contributed by atoms with van der Waals surface area (Å²) in [5.41, 5.74) is 3.53. The number of para-hydroxylation sites is 1. The number of hydrogen-bond acceptors (Lipinski definition) is 5. The van der Waals surface area contributed by atoms with Crippen LogP contribution >= 0.6 is 23.4 Å². The van der Waals surface area contributed by atoms with Crippen LogP contribution in [0.3, 0.4) is 0 Å². The number of H-pyrrole nitrogens is 1. The predicted octanol–water partition coefficient (Wildman–Crippen LogP) is 5.40. The van der Waals surface area contributed by atoms with Crippen LogP contribution in [0.2, 0.25) is 5.02 Å². The highest BCUT2D eigenvalue weighted by molar-refractivity contribution is 7.99. The van der Waals surface area contributed by atoms with Gasteiger partial charge < -0.3 is 14.3 Å². The van der Waals surface area contributed by atoms with Crippen molar-refractivity contribution in [3.8, 4) is 11.4 Å². The van der Waals surface area contributed by atoms with Gasteiger partial charge in [-0.25, -0.2) is 0 Å². The largest absolute Gasteiger partial charge is 0.385 e. The molecule has 0 amide bonds. The van der Waals surface area contributed by atoms with Crippen LogP contribution in [-0.4, -0.2) is 45.0 Å². The standard InChI is InChI=1S/C23H23ClN4O2S/c1-15-21(18-6-3-4-7-19(18)25-15)20(29)14-31-23-27-26-22(28(23)12-5-13-30-2)16-8-10-17(24)11-9-16/h3-4,6-11,25H,5,12-14H2,1-2H3. The quantitative estimate of drug-likeness (QED) is 0.208. The number of nitrogens with zero attached hydrogens (tertiary/aromatic N) is 3. The van der Waals surface area contributed by atoms with E-state index in [1.807, 2.05) is 60.0 Å². The maximum atomic E-state index is 13.1. The van der Waals surface area contributed by atoms with Gasteiger partial charge in [0.1, 0.15) is 0 Å². The summed E-state index contributed by atoms with van der Waals surface area (Å²) in [6.07, 6.45) is 0.818. The van der Waals surface area contributed by atoms with Gasteiger partial charge in [-0.05, 0) is 43.7 Å². The van der Waals surface area contributed by atoms with Crippen LogP contribution in [0, 0.1) is 6.92 Å². The van der Waals surface area contributed by atoms with E-state index in [0.717, 1.165) is 40.0 Å². The van der Waals surface area contributed by atoms with Crippen LogP contribution in [0.5, 0.6) is 0 Å². The van der Waals surface area contributed by atoms with E-state index in [1.165, 1.54) is 11.8 Å². The van der Waals surface area contributed by atoms with E-state index in [-0.39, 0.29) is 11.5 Å². The van der Waals surface area contributed by atoms with Gasteiger partial charge in [0.05, 0.1) is 5.75 Å². The molecule has 8 heteroatoms. The van der Waals surface area contributed by atoms with Gasteiger partial charge in [-0.2, -0.15) is 0 Å². The lowest BCUT2D eigenvalue weighted by Gasteiger charge is -2.10. The number of aromatic nitrogens is 4. The Hall–Kier alpha value is -2.61. The lowest BCUT2D eigenvalue weighted by molar-refractivity contribution is 0.102. The number of ketones is 1. The van der Waals surface area contributed by atoms with E-state index in [2.05, 4.69) is 15.2 Å². The number of nitrogens with one attached hydrogen (secondary N) is 1. The van der Waals surface area contributed by atoms with Crippen LogP contribution in [0.25, 0.3) is 22.3 Å². The molecule has 0 bridgehead atoms. The van der Waals surface area contributed by atoms with Gasteiger partial charge in [0.2, 0.25) is 0 Å². The second kappa shape index (κ2) is 9.68. The summed E-state index contributed by atoms with van der Waals surface area (Å²) in [7, 11) is 1.68. The molecule has 0 atom stereocenters. The number of aromatic amines is 1. The average Bonchev–Trinajstić information content (AvgIpc) is 3.32. The minimum absolute atomic E-state index is 0.0689. The number of carbonyl (C=O) groups excluding carboxylic acids is 1. The second-order valence-electron chi connectivity index (χ2n) is 7.19. The normalized spacial score (nSPS) is 11.3. The minimum atomic E-state index is 0.0689. The molecule has 1 N–H and O–H groups in total. The first-order valence-electron chi connectivity index (χ1n) is 10.00. The molecular weight excluding hydrogens is 432 g/mol. The Kier molecular flexibility index (Phi) is 6.75. The summed E-state index contributed by atoms with van der Waals surface area (Å²) in [6, 6.07) is 15.4. The smallest absolute Gasteiger partial charge is 0.191 e. The molecule has 0 aliphatic rings. The first-order valence-corrected chi connectivity index (χ1v) is 11.4. The SMILES string of the molecule is COCCCn1c(SCC(=O)c2c(C)[nH]c3ccccc23)nnc1-c1ccc(Cl)cc1. The van der Waals surface area contributed by atoms with Gasteiger partial charge in [0.25, 0.3) is 0 Å². The maximum Gasteiger partial charge on any atom is 0.191 e. The number of benzene rings is 2. The highest BCUT2D eigenvalue weighted by Gasteiger charge is 2.19. The van der Waals surface area contributed by atoms with Crippen molar-refractivity contribution in [2.24, 2.45) is 0 Å². The summed E-state index contributed by atoms with van der Waals surface area (Å²) in [6.45, 7) is 3.26. The summed E-state index contributed by atoms with van der Waals surface area (Å²) >= 11 is 7.44. The summed E-state index contributed by atoms with van der Waals surface area (Å²) in [5, 5.41) is 11.1. The van der Waals surface area contributed by atoms with Gasteiger partial charge >= 0.3 is 0 Å². The Morgan fingerprint density at radius 1 is 1.16 bits per heavy atom. The summed E-state index contributed by atoms with van der Waals surface area (Å²) in [5.74, 6) is 1.11. The molecule has 0 unspecified atom stereocenters. The van der Waals surface area contributed by atoms with Crippen molar-refractivity contribution in [2.75, 3.05) is 19.5 Å². The Labute approximate surface area is 190 Å². The lowest BCUT2D eigenvalue weighted by atomic mass is 10.1. The Morgan fingerprint density at radius 2 is 1.94 bits per heavy atom. The highest BCUT2D eigenvalue weighted by Crippen LogP contribution is 2.28. The molecule has 2 aromatic carbocycles. The molecule has 4 rings (SSSR count). The van der Waals surface area contributed by atoms with Crippen molar-refractivity contribution < 1.29 is 9.53 Å². The molecule has 2 aromatic heterocycles. The Morgan fingerprint density at radius 3 is 2.71 bits per heavy atom. The van der Waals surface area contributed by atoms with Crippen molar-refractivity contribution in [2.45, 2.75) is 25.0 Å². The fourth-order valence-corrected chi connectivity index (χ4v) is 4.58. The predicted molar refractivity (Wildman–Crippen MR) is 125 cm³/mol. The van der Waals surface area contributed by atoms with Gasteiger partial charge in [0.15, 0.2) is 16.8 Å². The number of ether oxygens (including phenoxy) is 1. The van der Waals surface area contributed by atoms with Crippen LogP contribution in [0.15, 0.2) is 53.7 Å². The molecule has 0 saturated carbocycles. The van der Waals surface area contributed by atoms with Crippen LogP contribution in [-0.2, 0) is 11.3 Å². The zero-order valence-electron chi connectivity index (χ0n) is 17.4. The molecule has 31 heavy (non-hydrogen) atoms. The van der Waals surface area contributed by atoms with Crippen molar-refractivity contribution in [3.05, 3.63) is 64.8 Å². The molecule has 6 nitrogen and oxygen atoms in total. The van der Waals surface area contributed by atoms with Gasteiger partial charge in [-0.15, -0.1) is 10.2 Å². The third-order valence-corrected chi connectivity index (χ3v) is 6.27. The zero-order valence-corrected chi connectivity index (χ0v) is 19.0. The van der Waals surface area contributed by atoms with Crippen molar-refractivity contribution in [1.29, 1.82) is 0 Å². The van der Waals surface area contributed by atoms with Crippen molar-refractivity contribution in [3.63, 3.8) is 0 Å². The van der Waals surface area contributed by atoms with E-state index < -0.39 is 0 Å². The van der Waals surface area contributed by atoms with Crippen LogP contribution < -0.4 is 0 Å². The molecule has 0 aliphatic carbocycles. The number of Topliss-reactive ketones (excluding diaryl/α,β-unsaturated/α-hetero) is 1. The maximum absolute atomic E-state index is 13.1. The lowest BCUT2D eigenvalue weighted by Crippen LogP contribution is -2.08. The highest BCUT2D eigenvalue weighted by atomic mass is 35.5. The van der Waals surface area contributed by atoms with Crippen LogP contribution in [0.1, 0.15) is 22.5 Å². The number of carbonyl (C=O) groups is 1. The average molecular weight is 455 g/mol. The summed E-state index contributed by atoms with van der Waals surface area (Å²) in [4.78, 5) is 16.4. The molecule has 0 fully saturated rings. The molecular formula is C23H23ClN4O2S. The summed E-state index contributed by atoms with van der Waals surface area (Å²) < 4.78 is 7.25. The van der Waals surface area contributed by atoms with Crippen LogP contribution in [0.4, 0.5) is 0 Å². The van der Waals surface area contributed by atoms with Gasteiger partial charge in [-0.1, -0.05) is 41.6 Å². The third-order valence-electron chi connectivity index (χ3n) is 5.05. The number of hydrogen-bond donors (Lipinski definition) is 1. The first-order chi connectivity index (χ1) is 15.1. The molecule has 0 aliphatic heterocycles. The number of fused-ring (bicyclic) bond motifs is 1. The fourth-order valence-electron chi connectivity index (χ4n) is 3.61. The second-order valence-corrected chi connectivity index (χ2v) is 8.57.